The summed E-state index contributed by atoms with van der Waals surface area (Å²) in [5.41, 5.74) is 2.23. The molecule has 4 heteroatoms. The number of fused-ring (bicyclic) bond motifs is 1. The van der Waals surface area contributed by atoms with Crippen LogP contribution in [0.3, 0.4) is 0 Å². The Morgan fingerprint density at radius 3 is 2.64 bits per heavy atom. The largest absolute Gasteiger partial charge is 0.497 e. The van der Waals surface area contributed by atoms with Crippen LogP contribution in [0.25, 0.3) is 0 Å². The number of methoxy groups -OCH3 is 2. The van der Waals surface area contributed by atoms with Gasteiger partial charge in [0.05, 0.1) is 14.2 Å². The number of esters is 1. The van der Waals surface area contributed by atoms with Crippen molar-refractivity contribution >= 4 is 11.7 Å². The molecule has 0 bridgehead atoms. The van der Waals surface area contributed by atoms with Gasteiger partial charge < -0.3 is 14.4 Å². The number of hydrogen-bond acceptors (Lipinski definition) is 4. The van der Waals surface area contributed by atoms with Crippen molar-refractivity contribution < 1.29 is 14.3 Å². The molecular weight excluding hydrogens is 278 g/mol. The van der Waals surface area contributed by atoms with Crippen LogP contribution in [-0.4, -0.2) is 31.8 Å². The molecular formula is C18H27NO3. The minimum Gasteiger partial charge on any atom is -0.497 e. The fraction of sp³-hybridized carbons (Fsp3) is 0.611. The summed E-state index contributed by atoms with van der Waals surface area (Å²) in [6.07, 6.45) is 1.71. The lowest BCUT2D eigenvalue weighted by atomic mass is 9.79. The Morgan fingerprint density at radius 1 is 1.41 bits per heavy atom. The molecule has 1 aromatic carbocycles. The second-order valence-corrected chi connectivity index (χ2v) is 6.66. The smallest absolute Gasteiger partial charge is 0.328 e. The fourth-order valence-electron chi connectivity index (χ4n) is 3.74. The quantitative estimate of drug-likeness (QED) is 0.794. The van der Waals surface area contributed by atoms with E-state index in [4.69, 9.17) is 9.47 Å². The average molecular weight is 305 g/mol. The number of nitrogens with zero attached hydrogens (tertiary/aromatic N) is 1. The van der Waals surface area contributed by atoms with Gasteiger partial charge in [0.25, 0.3) is 0 Å². The molecule has 4 nitrogen and oxygen atoms in total. The first kappa shape index (κ1) is 16.7. The Balaban J connectivity index is 2.59. The molecule has 1 aromatic rings. The number of hydrogen-bond donors (Lipinski definition) is 0. The summed E-state index contributed by atoms with van der Waals surface area (Å²) in [7, 11) is 3.12. The van der Waals surface area contributed by atoms with Crippen molar-refractivity contribution in [1.82, 2.24) is 0 Å². The second kappa shape index (κ2) is 6.19. The van der Waals surface area contributed by atoms with Crippen LogP contribution < -0.4 is 9.64 Å². The molecule has 0 aliphatic carbocycles. The second-order valence-electron chi connectivity index (χ2n) is 6.66. The molecule has 0 spiro atoms. The van der Waals surface area contributed by atoms with E-state index in [2.05, 4.69) is 31.7 Å². The molecule has 22 heavy (non-hydrogen) atoms. The number of benzene rings is 1. The summed E-state index contributed by atoms with van der Waals surface area (Å²) in [4.78, 5) is 14.5. The fourth-order valence-corrected chi connectivity index (χ4v) is 3.74. The molecule has 1 heterocycles. The number of ether oxygens (including phenoxy) is 2. The molecule has 0 radical (unpaired) electrons. The molecule has 2 atom stereocenters. The molecule has 0 saturated carbocycles. The van der Waals surface area contributed by atoms with Crippen molar-refractivity contribution in [1.29, 1.82) is 0 Å². The molecule has 1 aliphatic rings. The zero-order valence-corrected chi connectivity index (χ0v) is 14.5. The van der Waals surface area contributed by atoms with Gasteiger partial charge in [0.1, 0.15) is 11.8 Å². The van der Waals surface area contributed by atoms with Crippen LogP contribution >= 0.6 is 0 Å². The maximum atomic E-state index is 12.3. The van der Waals surface area contributed by atoms with Gasteiger partial charge in [-0.3, -0.25) is 0 Å². The number of rotatable bonds is 4. The SMILES string of the molecule is CC[C@H](C(=O)OC)N1c2cc(OC)ccc2[C@H](C)CC1(C)C. The molecule has 0 unspecified atom stereocenters. The number of carbonyl (C=O) groups is 1. The van der Waals surface area contributed by atoms with Crippen LogP contribution in [0.4, 0.5) is 5.69 Å². The first-order valence-electron chi connectivity index (χ1n) is 7.90. The Labute approximate surface area is 133 Å². The van der Waals surface area contributed by atoms with Crippen molar-refractivity contribution in [3.8, 4) is 5.75 Å². The van der Waals surface area contributed by atoms with Gasteiger partial charge in [-0.1, -0.05) is 19.9 Å². The van der Waals surface area contributed by atoms with E-state index in [9.17, 15) is 4.79 Å². The molecule has 122 valence electrons. The highest BCUT2D eigenvalue weighted by atomic mass is 16.5. The third kappa shape index (κ3) is 2.79. The Hall–Kier alpha value is -1.71. The minimum absolute atomic E-state index is 0.117. The number of anilines is 1. The predicted molar refractivity (Wildman–Crippen MR) is 88.7 cm³/mol. The van der Waals surface area contributed by atoms with Gasteiger partial charge in [-0.15, -0.1) is 0 Å². The predicted octanol–water partition coefficient (Wildman–Crippen LogP) is 3.74. The Morgan fingerprint density at radius 2 is 2.09 bits per heavy atom. The summed E-state index contributed by atoms with van der Waals surface area (Å²) in [5, 5.41) is 0. The monoisotopic (exact) mass is 305 g/mol. The lowest BCUT2D eigenvalue weighted by Crippen LogP contribution is -2.56. The minimum atomic E-state index is -0.279. The summed E-state index contributed by atoms with van der Waals surface area (Å²) >= 11 is 0. The van der Waals surface area contributed by atoms with Gasteiger partial charge in [-0.05, 0) is 44.2 Å². The standard InChI is InChI=1S/C18H27NO3/c1-7-15(17(20)22-6)19-16-10-13(21-5)8-9-14(16)12(2)11-18(19,3)4/h8-10,12,15H,7,11H2,1-6H3/t12-,15-/m1/s1. The van der Waals surface area contributed by atoms with Crippen molar-refractivity contribution in [3.05, 3.63) is 23.8 Å². The van der Waals surface area contributed by atoms with E-state index >= 15 is 0 Å². The Bertz CT molecular complexity index is 553. The van der Waals surface area contributed by atoms with Gasteiger partial charge in [-0.2, -0.15) is 0 Å². The van der Waals surface area contributed by atoms with Crippen molar-refractivity contribution in [2.24, 2.45) is 0 Å². The zero-order chi connectivity index (χ0) is 16.5. The van der Waals surface area contributed by atoms with E-state index in [1.165, 1.54) is 12.7 Å². The van der Waals surface area contributed by atoms with Crippen LogP contribution in [-0.2, 0) is 9.53 Å². The summed E-state index contributed by atoms with van der Waals surface area (Å²) in [6.45, 7) is 8.65. The molecule has 2 rings (SSSR count). The molecule has 1 aliphatic heterocycles. The summed E-state index contributed by atoms with van der Waals surface area (Å²) < 4.78 is 10.4. The third-order valence-corrected chi connectivity index (χ3v) is 4.66. The topological polar surface area (TPSA) is 38.8 Å². The van der Waals surface area contributed by atoms with Crippen LogP contribution in [0.1, 0.15) is 52.0 Å². The van der Waals surface area contributed by atoms with E-state index in [1.807, 2.05) is 19.1 Å². The third-order valence-electron chi connectivity index (χ3n) is 4.66. The number of carbonyl (C=O) groups excluding carboxylic acids is 1. The molecule has 0 aromatic heterocycles. The van der Waals surface area contributed by atoms with E-state index < -0.39 is 0 Å². The first-order chi connectivity index (χ1) is 10.4. The van der Waals surface area contributed by atoms with Crippen LogP contribution in [0, 0.1) is 0 Å². The van der Waals surface area contributed by atoms with Gasteiger partial charge in [-0.25, -0.2) is 4.79 Å². The first-order valence-corrected chi connectivity index (χ1v) is 7.90. The van der Waals surface area contributed by atoms with Gasteiger partial charge in [0, 0.05) is 17.3 Å². The van der Waals surface area contributed by atoms with E-state index in [1.54, 1.807) is 7.11 Å². The highest BCUT2D eigenvalue weighted by Gasteiger charge is 2.42. The lowest BCUT2D eigenvalue weighted by Gasteiger charge is -2.50. The van der Waals surface area contributed by atoms with Gasteiger partial charge >= 0.3 is 5.97 Å². The van der Waals surface area contributed by atoms with Gasteiger partial charge in [0.2, 0.25) is 0 Å². The Kier molecular flexibility index (Phi) is 4.69. The lowest BCUT2D eigenvalue weighted by molar-refractivity contribution is -0.142. The van der Waals surface area contributed by atoms with E-state index in [0.717, 1.165) is 17.9 Å². The van der Waals surface area contributed by atoms with Crippen molar-refractivity contribution in [2.75, 3.05) is 19.1 Å². The molecule has 0 fully saturated rings. The molecule has 0 saturated heterocycles. The average Bonchev–Trinajstić information content (AvgIpc) is 2.49. The highest BCUT2D eigenvalue weighted by Crippen LogP contribution is 2.46. The van der Waals surface area contributed by atoms with Crippen molar-refractivity contribution in [2.45, 2.75) is 58.0 Å². The van der Waals surface area contributed by atoms with Crippen LogP contribution in [0.5, 0.6) is 5.75 Å². The van der Waals surface area contributed by atoms with Crippen LogP contribution in [0.2, 0.25) is 0 Å². The normalized spacial score (nSPS) is 21.0. The summed E-state index contributed by atoms with van der Waals surface area (Å²) in [5.74, 6) is 1.08. The maximum Gasteiger partial charge on any atom is 0.328 e. The van der Waals surface area contributed by atoms with E-state index in [-0.39, 0.29) is 17.6 Å². The van der Waals surface area contributed by atoms with Crippen molar-refractivity contribution in [3.63, 3.8) is 0 Å². The maximum absolute atomic E-state index is 12.3. The highest BCUT2D eigenvalue weighted by molar-refractivity contribution is 5.82. The summed E-state index contributed by atoms with van der Waals surface area (Å²) in [6, 6.07) is 5.87. The molecule has 0 amide bonds. The van der Waals surface area contributed by atoms with Crippen LogP contribution in [0.15, 0.2) is 18.2 Å². The molecule has 0 N–H and O–H groups in total. The van der Waals surface area contributed by atoms with E-state index in [0.29, 0.717) is 12.3 Å². The zero-order valence-electron chi connectivity index (χ0n) is 14.5. The van der Waals surface area contributed by atoms with Gasteiger partial charge in [0.15, 0.2) is 0 Å².